The molecule has 1 fully saturated rings. The second-order valence-electron chi connectivity index (χ2n) is 10.8. The fourth-order valence-electron chi connectivity index (χ4n) is 5.26. The molecule has 46 heavy (non-hydrogen) atoms. The molecule has 1 aliphatic rings. The van der Waals surface area contributed by atoms with E-state index in [0.717, 1.165) is 35.7 Å². The number of methoxy groups -OCH3 is 2. The van der Waals surface area contributed by atoms with Gasteiger partial charge < -0.3 is 29.3 Å². The zero-order chi connectivity index (χ0) is 32.5. The Labute approximate surface area is 273 Å². The molecule has 2 aromatic carbocycles. The number of carbonyl (C=O) groups is 2. The van der Waals surface area contributed by atoms with E-state index in [2.05, 4.69) is 25.2 Å². The van der Waals surface area contributed by atoms with Crippen molar-refractivity contribution in [2.75, 3.05) is 56.5 Å². The largest absolute Gasteiger partial charge is 0.493 e. The number of pyridine rings is 1. The second-order valence-corrected chi connectivity index (χ2v) is 11.7. The predicted molar refractivity (Wildman–Crippen MR) is 177 cm³/mol. The molecule has 1 unspecified atom stereocenters. The Morgan fingerprint density at radius 1 is 0.978 bits per heavy atom. The Hall–Kier alpha value is -4.68. The number of anilines is 2. The summed E-state index contributed by atoms with van der Waals surface area (Å²) in [7, 11) is 3.08. The van der Waals surface area contributed by atoms with Gasteiger partial charge in [0, 0.05) is 54.8 Å². The minimum atomic E-state index is -1.02. The minimum Gasteiger partial charge on any atom is -0.493 e. The van der Waals surface area contributed by atoms with Crippen molar-refractivity contribution in [3.8, 4) is 11.5 Å². The quantitative estimate of drug-likeness (QED) is 0.170. The maximum atomic E-state index is 14.3. The third-order valence-corrected chi connectivity index (χ3v) is 8.31. The smallest absolute Gasteiger partial charge is 0.251 e. The van der Waals surface area contributed by atoms with Crippen LogP contribution in [0.15, 0.2) is 78.2 Å². The molecule has 11 nitrogen and oxygen atoms in total. The highest BCUT2D eigenvalue weighted by Gasteiger charge is 2.33. The summed E-state index contributed by atoms with van der Waals surface area (Å²) < 4.78 is 16.5. The number of aryl methyl sites for hydroxylation is 2. The van der Waals surface area contributed by atoms with Crippen LogP contribution in [0.25, 0.3) is 0 Å². The summed E-state index contributed by atoms with van der Waals surface area (Å²) in [4.78, 5) is 45.4. The highest BCUT2D eigenvalue weighted by molar-refractivity contribution is 7.99. The van der Waals surface area contributed by atoms with Crippen LogP contribution in [0, 0.1) is 13.8 Å². The summed E-state index contributed by atoms with van der Waals surface area (Å²) in [5, 5.41) is 3.55. The first kappa shape index (κ1) is 32.7. The Morgan fingerprint density at radius 3 is 2.35 bits per heavy atom. The Kier molecular flexibility index (Phi) is 11.1. The van der Waals surface area contributed by atoms with Gasteiger partial charge in [0.05, 0.1) is 33.2 Å². The van der Waals surface area contributed by atoms with Gasteiger partial charge in [0.1, 0.15) is 6.04 Å². The van der Waals surface area contributed by atoms with Gasteiger partial charge in [-0.05, 0) is 73.5 Å². The highest BCUT2D eigenvalue weighted by atomic mass is 32.2. The van der Waals surface area contributed by atoms with E-state index >= 15 is 0 Å². The van der Waals surface area contributed by atoms with Crippen molar-refractivity contribution in [3.63, 3.8) is 0 Å². The number of aromatic nitrogens is 3. The monoisotopic (exact) mass is 642 g/mol. The number of thioether (sulfide) groups is 1. The number of hydrogen-bond donors (Lipinski definition) is 1. The summed E-state index contributed by atoms with van der Waals surface area (Å²) in [5.74, 6) is 0.329. The first-order valence-electron chi connectivity index (χ1n) is 14.9. The van der Waals surface area contributed by atoms with E-state index < -0.39 is 6.04 Å². The first-order chi connectivity index (χ1) is 22.3. The Morgan fingerprint density at radius 2 is 1.70 bits per heavy atom. The number of morpholine rings is 1. The van der Waals surface area contributed by atoms with Gasteiger partial charge in [0.2, 0.25) is 5.91 Å². The van der Waals surface area contributed by atoms with Crippen molar-refractivity contribution in [1.29, 1.82) is 0 Å². The lowest BCUT2D eigenvalue weighted by molar-refractivity contribution is -0.137. The molecule has 0 bridgehead atoms. The molecule has 2 aromatic heterocycles. The molecular formula is C34H38N6O5S. The molecule has 3 heterocycles. The van der Waals surface area contributed by atoms with Gasteiger partial charge >= 0.3 is 0 Å². The van der Waals surface area contributed by atoms with Crippen molar-refractivity contribution in [3.05, 3.63) is 95.6 Å². The SMILES string of the molecule is COc1ccc(C(C(=O)Nc2ccc(N3CCOCC3)cc2)N(Cc2cccnc2)C(=O)CSc2nc(C)cc(C)n2)cc1OC. The van der Waals surface area contributed by atoms with Crippen LogP contribution in [0.4, 0.5) is 11.4 Å². The van der Waals surface area contributed by atoms with Crippen LogP contribution in [0.3, 0.4) is 0 Å². The van der Waals surface area contributed by atoms with E-state index in [1.165, 1.54) is 18.9 Å². The van der Waals surface area contributed by atoms with E-state index in [0.29, 0.717) is 41.1 Å². The summed E-state index contributed by atoms with van der Waals surface area (Å²) in [6.45, 7) is 6.90. The third-order valence-electron chi connectivity index (χ3n) is 7.48. The zero-order valence-electron chi connectivity index (χ0n) is 26.4. The van der Waals surface area contributed by atoms with Gasteiger partial charge in [-0.1, -0.05) is 23.9 Å². The fourth-order valence-corrected chi connectivity index (χ4v) is 6.10. The number of nitrogens with zero attached hydrogens (tertiary/aromatic N) is 5. The van der Waals surface area contributed by atoms with Crippen molar-refractivity contribution in [1.82, 2.24) is 19.9 Å². The van der Waals surface area contributed by atoms with Crippen LogP contribution >= 0.6 is 11.8 Å². The third kappa shape index (κ3) is 8.32. The van der Waals surface area contributed by atoms with Crippen molar-refractivity contribution in [2.24, 2.45) is 0 Å². The first-order valence-corrected chi connectivity index (χ1v) is 15.9. The van der Waals surface area contributed by atoms with Crippen molar-refractivity contribution < 1.29 is 23.8 Å². The standard InChI is InChI=1S/C34H38N6O5S/c1-23-18-24(2)37-34(36-23)46-22-31(41)40(21-25-6-5-13-35-20-25)32(26-7-12-29(43-3)30(19-26)44-4)33(42)38-27-8-10-28(11-9-27)39-14-16-45-17-15-39/h5-13,18-20,32H,14-17,21-22H2,1-4H3,(H,38,42). The predicted octanol–water partition coefficient (Wildman–Crippen LogP) is 4.84. The Balaban J connectivity index is 1.48. The lowest BCUT2D eigenvalue weighted by Crippen LogP contribution is -2.42. The van der Waals surface area contributed by atoms with Crippen molar-refractivity contribution >= 4 is 35.0 Å². The van der Waals surface area contributed by atoms with Crippen LogP contribution in [-0.2, 0) is 20.9 Å². The highest BCUT2D eigenvalue weighted by Crippen LogP contribution is 2.34. The molecule has 0 aliphatic carbocycles. The van der Waals surface area contributed by atoms with Gasteiger partial charge in [-0.15, -0.1) is 0 Å². The van der Waals surface area contributed by atoms with E-state index in [1.807, 2.05) is 50.2 Å². The maximum Gasteiger partial charge on any atom is 0.251 e. The van der Waals surface area contributed by atoms with Crippen LogP contribution in [0.1, 0.15) is 28.6 Å². The van der Waals surface area contributed by atoms with Gasteiger partial charge in [0.15, 0.2) is 16.7 Å². The van der Waals surface area contributed by atoms with Gasteiger partial charge in [-0.25, -0.2) is 9.97 Å². The number of amides is 2. The molecule has 12 heteroatoms. The molecule has 1 atom stereocenters. The molecule has 1 saturated heterocycles. The Bertz CT molecular complexity index is 1610. The number of carbonyl (C=O) groups excluding carboxylic acids is 2. The minimum absolute atomic E-state index is 0.0223. The van der Waals surface area contributed by atoms with E-state index in [4.69, 9.17) is 14.2 Å². The van der Waals surface area contributed by atoms with Crippen LogP contribution in [0.5, 0.6) is 11.5 Å². The molecule has 0 radical (unpaired) electrons. The summed E-state index contributed by atoms with van der Waals surface area (Å²) in [6, 6.07) is 17.5. The van der Waals surface area contributed by atoms with Gasteiger partial charge in [0.25, 0.3) is 5.91 Å². The van der Waals surface area contributed by atoms with Crippen molar-refractivity contribution in [2.45, 2.75) is 31.6 Å². The number of hydrogen-bond acceptors (Lipinski definition) is 10. The molecular weight excluding hydrogens is 604 g/mol. The molecule has 240 valence electrons. The average molecular weight is 643 g/mol. The lowest BCUT2D eigenvalue weighted by atomic mass is 10.0. The summed E-state index contributed by atoms with van der Waals surface area (Å²) in [6.07, 6.45) is 3.36. The number of ether oxygens (including phenoxy) is 3. The molecule has 5 rings (SSSR count). The van der Waals surface area contributed by atoms with E-state index in [-0.39, 0.29) is 24.1 Å². The molecule has 0 saturated carbocycles. The lowest BCUT2D eigenvalue weighted by Gasteiger charge is -2.32. The van der Waals surface area contributed by atoms with Crippen LogP contribution in [0.2, 0.25) is 0 Å². The topological polar surface area (TPSA) is 119 Å². The van der Waals surface area contributed by atoms with E-state index in [1.54, 1.807) is 48.7 Å². The number of nitrogens with one attached hydrogen (secondary N) is 1. The molecule has 2 amide bonds. The summed E-state index contributed by atoms with van der Waals surface area (Å²) >= 11 is 1.23. The molecule has 0 spiro atoms. The fraction of sp³-hybridized carbons (Fsp3) is 0.324. The van der Waals surface area contributed by atoms with Crippen LogP contribution < -0.4 is 19.7 Å². The second kappa shape index (κ2) is 15.5. The average Bonchev–Trinajstić information content (AvgIpc) is 3.07. The molecule has 1 aliphatic heterocycles. The number of benzene rings is 2. The molecule has 4 aromatic rings. The number of rotatable bonds is 12. The van der Waals surface area contributed by atoms with Gasteiger partial charge in [-0.2, -0.15) is 0 Å². The van der Waals surface area contributed by atoms with E-state index in [9.17, 15) is 9.59 Å². The summed E-state index contributed by atoms with van der Waals surface area (Å²) in [5.41, 5.74) is 4.63. The van der Waals surface area contributed by atoms with Crippen LogP contribution in [-0.4, -0.2) is 77.9 Å². The maximum absolute atomic E-state index is 14.3. The molecule has 1 N–H and O–H groups in total. The van der Waals surface area contributed by atoms with Gasteiger partial charge in [-0.3, -0.25) is 14.6 Å². The zero-order valence-corrected chi connectivity index (χ0v) is 27.3. The normalized spacial score (nSPS) is 13.5.